The van der Waals surface area contributed by atoms with Crippen LogP contribution in [0, 0.1) is 5.92 Å². The molecular weight excluding hydrogens is 402 g/mol. The number of benzene rings is 1. The molecule has 8 heteroatoms. The Balaban J connectivity index is 1.15. The molecule has 5 rings (SSSR count). The number of hydrogen-bond donors (Lipinski definition) is 1. The molecule has 1 N–H and O–H groups in total. The predicted molar refractivity (Wildman–Crippen MR) is 114 cm³/mol. The summed E-state index contributed by atoms with van der Waals surface area (Å²) in [6.07, 6.45) is 1.36. The first-order valence-electron chi connectivity index (χ1n) is 10.1. The van der Waals surface area contributed by atoms with Gasteiger partial charge in [0.25, 0.3) is 5.91 Å². The van der Waals surface area contributed by atoms with Crippen LogP contribution in [0.3, 0.4) is 0 Å². The Labute approximate surface area is 178 Å². The van der Waals surface area contributed by atoms with Gasteiger partial charge in [-0.3, -0.25) is 9.59 Å². The minimum Gasteiger partial charge on any atom is -0.454 e. The summed E-state index contributed by atoms with van der Waals surface area (Å²) in [5, 5.41) is 5.05. The smallest absolute Gasteiger partial charge is 0.270 e. The summed E-state index contributed by atoms with van der Waals surface area (Å²) >= 11 is 1.64. The van der Waals surface area contributed by atoms with Crippen LogP contribution >= 0.6 is 11.3 Å². The van der Waals surface area contributed by atoms with Crippen LogP contribution < -0.4 is 14.8 Å². The molecule has 7 nitrogen and oxygen atoms in total. The van der Waals surface area contributed by atoms with Crippen molar-refractivity contribution >= 4 is 33.4 Å². The van der Waals surface area contributed by atoms with Crippen molar-refractivity contribution in [1.29, 1.82) is 0 Å². The van der Waals surface area contributed by atoms with E-state index in [4.69, 9.17) is 9.47 Å². The average molecular weight is 426 g/mol. The van der Waals surface area contributed by atoms with E-state index in [0.717, 1.165) is 21.5 Å². The van der Waals surface area contributed by atoms with E-state index < -0.39 is 0 Å². The van der Waals surface area contributed by atoms with Gasteiger partial charge in [-0.1, -0.05) is 6.07 Å². The van der Waals surface area contributed by atoms with Gasteiger partial charge in [-0.2, -0.15) is 0 Å². The molecule has 0 atom stereocenters. The molecule has 0 aliphatic carbocycles. The van der Waals surface area contributed by atoms with Crippen molar-refractivity contribution in [2.45, 2.75) is 19.4 Å². The van der Waals surface area contributed by atoms with Crippen molar-refractivity contribution in [3.8, 4) is 11.5 Å². The number of thiophene rings is 1. The van der Waals surface area contributed by atoms with E-state index in [1.807, 2.05) is 52.2 Å². The van der Waals surface area contributed by atoms with E-state index in [9.17, 15) is 9.59 Å². The highest BCUT2D eigenvalue weighted by Gasteiger charge is 2.29. The van der Waals surface area contributed by atoms with Crippen LogP contribution in [0.4, 0.5) is 0 Å². The number of aromatic nitrogens is 1. The third-order valence-electron chi connectivity index (χ3n) is 5.94. The summed E-state index contributed by atoms with van der Waals surface area (Å²) < 4.78 is 13.8. The van der Waals surface area contributed by atoms with Crippen molar-refractivity contribution in [2.24, 2.45) is 13.0 Å². The lowest BCUT2D eigenvalue weighted by Crippen LogP contribution is -2.43. The van der Waals surface area contributed by atoms with Crippen molar-refractivity contribution in [3.05, 3.63) is 47.0 Å². The Hall–Kier alpha value is -3.00. The number of nitrogens with one attached hydrogen (secondary N) is 1. The van der Waals surface area contributed by atoms with Gasteiger partial charge in [-0.25, -0.2) is 0 Å². The van der Waals surface area contributed by atoms with Crippen LogP contribution in [0.5, 0.6) is 11.5 Å². The number of hydrogen-bond acceptors (Lipinski definition) is 5. The zero-order valence-corrected chi connectivity index (χ0v) is 17.5. The van der Waals surface area contributed by atoms with Gasteiger partial charge in [0.1, 0.15) is 5.69 Å². The Morgan fingerprint density at radius 3 is 2.73 bits per heavy atom. The normalized spacial score (nSPS) is 16.2. The predicted octanol–water partition coefficient (Wildman–Crippen LogP) is 3.14. The molecule has 0 bridgehead atoms. The SMILES string of the molecule is Cn1c(C(=O)N2CCC(C(=O)NCc3ccc4c(c3)OCO4)CC2)cc2sccc21. The first-order chi connectivity index (χ1) is 14.6. The highest BCUT2D eigenvalue weighted by atomic mass is 32.1. The molecule has 1 fully saturated rings. The quantitative estimate of drug-likeness (QED) is 0.697. The third kappa shape index (κ3) is 3.41. The molecule has 2 aliphatic rings. The van der Waals surface area contributed by atoms with Crippen LogP contribution in [0.15, 0.2) is 35.7 Å². The van der Waals surface area contributed by atoms with E-state index in [2.05, 4.69) is 5.32 Å². The molecule has 1 aromatic carbocycles. The average Bonchev–Trinajstić information content (AvgIpc) is 3.49. The minimum atomic E-state index is -0.0695. The molecule has 0 saturated carbocycles. The fraction of sp³-hybridized carbons (Fsp3) is 0.364. The Morgan fingerprint density at radius 2 is 1.93 bits per heavy atom. The zero-order valence-electron chi connectivity index (χ0n) is 16.7. The number of aryl methyl sites for hydroxylation is 1. The summed E-state index contributed by atoms with van der Waals surface area (Å²) in [4.78, 5) is 27.4. The standard InChI is InChI=1S/C22H23N3O4S/c1-24-16-6-9-30-20(16)11-17(24)22(27)25-7-4-15(5-8-25)21(26)23-12-14-2-3-18-19(10-14)29-13-28-18/h2-3,6,9-11,15H,4-5,7-8,12-13H2,1H3,(H,23,26). The van der Waals surface area contributed by atoms with Crippen LogP contribution in [-0.4, -0.2) is 41.2 Å². The zero-order chi connectivity index (χ0) is 20.7. The van der Waals surface area contributed by atoms with Gasteiger partial charge in [0, 0.05) is 32.6 Å². The van der Waals surface area contributed by atoms with Gasteiger partial charge < -0.3 is 24.3 Å². The number of ether oxygens (including phenoxy) is 2. The van der Waals surface area contributed by atoms with Crippen LogP contribution in [0.2, 0.25) is 0 Å². The molecule has 1 saturated heterocycles. The number of nitrogens with zero attached hydrogens (tertiary/aromatic N) is 2. The topological polar surface area (TPSA) is 72.8 Å². The van der Waals surface area contributed by atoms with Crippen LogP contribution in [0.1, 0.15) is 28.9 Å². The fourth-order valence-corrected chi connectivity index (χ4v) is 5.00. The van der Waals surface area contributed by atoms with Gasteiger partial charge in [0.15, 0.2) is 11.5 Å². The number of likely N-dealkylation sites (tertiary alicyclic amines) is 1. The third-order valence-corrected chi connectivity index (χ3v) is 6.79. The van der Waals surface area contributed by atoms with Crippen molar-refractivity contribution in [1.82, 2.24) is 14.8 Å². The molecule has 0 spiro atoms. The van der Waals surface area contributed by atoms with E-state index in [-0.39, 0.29) is 24.5 Å². The molecule has 156 valence electrons. The van der Waals surface area contributed by atoms with Crippen molar-refractivity contribution in [3.63, 3.8) is 0 Å². The summed E-state index contributed by atoms with van der Waals surface area (Å²) in [5.41, 5.74) is 2.77. The number of piperidine rings is 1. The fourth-order valence-electron chi connectivity index (χ4n) is 4.15. The van der Waals surface area contributed by atoms with Gasteiger partial charge in [-0.05, 0) is 48.1 Å². The molecule has 0 radical (unpaired) electrons. The summed E-state index contributed by atoms with van der Waals surface area (Å²) in [6, 6.07) is 9.69. The molecule has 2 amide bonds. The summed E-state index contributed by atoms with van der Waals surface area (Å²) in [6.45, 7) is 1.89. The lowest BCUT2D eigenvalue weighted by molar-refractivity contribution is -0.126. The molecular formula is C22H23N3O4S. The lowest BCUT2D eigenvalue weighted by Gasteiger charge is -2.31. The van der Waals surface area contributed by atoms with Gasteiger partial charge in [-0.15, -0.1) is 11.3 Å². The molecule has 4 heterocycles. The highest BCUT2D eigenvalue weighted by Crippen LogP contribution is 2.32. The minimum absolute atomic E-state index is 0.0409. The van der Waals surface area contributed by atoms with E-state index in [0.29, 0.717) is 43.9 Å². The van der Waals surface area contributed by atoms with Crippen molar-refractivity contribution < 1.29 is 19.1 Å². The number of amides is 2. The van der Waals surface area contributed by atoms with Gasteiger partial charge in [0.05, 0.1) is 10.2 Å². The van der Waals surface area contributed by atoms with Crippen LogP contribution in [-0.2, 0) is 18.4 Å². The maximum absolute atomic E-state index is 13.0. The number of carbonyl (C=O) groups excluding carboxylic acids is 2. The second kappa shape index (κ2) is 7.68. The second-order valence-corrected chi connectivity index (χ2v) is 8.68. The molecule has 3 aromatic rings. The first-order valence-corrected chi connectivity index (χ1v) is 11.0. The monoisotopic (exact) mass is 425 g/mol. The Bertz CT molecular complexity index is 1110. The largest absolute Gasteiger partial charge is 0.454 e. The van der Waals surface area contributed by atoms with Gasteiger partial charge in [0.2, 0.25) is 12.7 Å². The Kier molecular flexibility index (Phi) is 4.86. The summed E-state index contributed by atoms with van der Waals surface area (Å²) in [5.74, 6) is 1.47. The second-order valence-electron chi connectivity index (χ2n) is 7.73. The van der Waals surface area contributed by atoms with E-state index in [1.54, 1.807) is 11.3 Å². The maximum Gasteiger partial charge on any atom is 0.270 e. The van der Waals surface area contributed by atoms with E-state index in [1.165, 1.54) is 0 Å². The highest BCUT2D eigenvalue weighted by molar-refractivity contribution is 7.17. The molecule has 2 aromatic heterocycles. The molecule has 2 aliphatic heterocycles. The number of rotatable bonds is 4. The van der Waals surface area contributed by atoms with Crippen LogP contribution in [0.25, 0.3) is 10.2 Å². The Morgan fingerprint density at radius 1 is 1.13 bits per heavy atom. The lowest BCUT2D eigenvalue weighted by atomic mass is 9.95. The number of fused-ring (bicyclic) bond motifs is 2. The maximum atomic E-state index is 13.0. The van der Waals surface area contributed by atoms with Crippen molar-refractivity contribution in [2.75, 3.05) is 19.9 Å². The first kappa shape index (κ1) is 19.0. The molecule has 0 unspecified atom stereocenters. The van der Waals surface area contributed by atoms with E-state index >= 15 is 0 Å². The molecule has 30 heavy (non-hydrogen) atoms. The van der Waals surface area contributed by atoms with Gasteiger partial charge >= 0.3 is 0 Å². The summed E-state index contributed by atoms with van der Waals surface area (Å²) in [7, 11) is 1.93. The number of carbonyl (C=O) groups is 2.